The first-order valence-electron chi connectivity index (χ1n) is 20.0. The standard InChI is InChI=1S/C43H58FN7O4/c1-6-51-40-17-12-31(38-16-15-37(44)39(48-38)11-9-7-8-10-18-46-47-28-52)23-34(40)36(25-43(3,4)27-55-29-53)42(51)35-24-33(26-45-41(35)30(2)54-5)50-21-19-49(20-22-50)32-13-14-32/h12,15-17,23-24,26,28-30,32,46H,6-11,13-14,18-22,25,27H2,1-5H3,(H,47,52). The largest absolute Gasteiger partial charge is 0.467 e. The van der Waals surface area contributed by atoms with Crippen LogP contribution in [0.4, 0.5) is 10.1 Å². The lowest BCUT2D eigenvalue weighted by molar-refractivity contribution is -0.131. The van der Waals surface area contributed by atoms with E-state index >= 15 is 4.39 Å². The van der Waals surface area contributed by atoms with Crippen LogP contribution < -0.4 is 15.8 Å². The Morgan fingerprint density at radius 3 is 2.53 bits per heavy atom. The maximum absolute atomic E-state index is 15.1. The first-order chi connectivity index (χ1) is 26.7. The second-order valence-corrected chi connectivity index (χ2v) is 15.8. The summed E-state index contributed by atoms with van der Waals surface area (Å²) in [7, 11) is 1.72. The predicted molar refractivity (Wildman–Crippen MR) is 215 cm³/mol. The Labute approximate surface area is 325 Å². The number of nitrogens with one attached hydrogen (secondary N) is 2. The molecule has 1 amide bonds. The summed E-state index contributed by atoms with van der Waals surface area (Å²) in [6.45, 7) is 14.7. The highest BCUT2D eigenvalue weighted by Crippen LogP contribution is 2.43. The number of aromatic nitrogens is 3. The van der Waals surface area contributed by atoms with Crippen LogP contribution in [0.1, 0.15) is 89.3 Å². The highest BCUT2D eigenvalue weighted by molar-refractivity contribution is 5.95. The molecule has 3 aromatic heterocycles. The van der Waals surface area contributed by atoms with Crippen LogP contribution >= 0.6 is 0 Å². The van der Waals surface area contributed by atoms with Crippen molar-refractivity contribution in [1.29, 1.82) is 0 Å². The molecule has 4 heterocycles. The van der Waals surface area contributed by atoms with Gasteiger partial charge in [-0.15, -0.1) is 0 Å². The molecule has 0 radical (unpaired) electrons. The lowest BCUT2D eigenvalue weighted by Crippen LogP contribution is -2.47. The van der Waals surface area contributed by atoms with E-state index in [9.17, 15) is 9.59 Å². The minimum atomic E-state index is -0.377. The summed E-state index contributed by atoms with van der Waals surface area (Å²) in [5.41, 5.74) is 13.4. The van der Waals surface area contributed by atoms with E-state index in [4.69, 9.17) is 19.4 Å². The van der Waals surface area contributed by atoms with Gasteiger partial charge in [-0.3, -0.25) is 24.9 Å². The number of benzene rings is 1. The number of ether oxygens (including phenoxy) is 2. The molecule has 1 aliphatic heterocycles. The Hall–Kier alpha value is -4.39. The van der Waals surface area contributed by atoms with Gasteiger partial charge in [0.05, 0.1) is 47.4 Å². The monoisotopic (exact) mass is 755 g/mol. The number of pyridine rings is 2. The van der Waals surface area contributed by atoms with E-state index in [0.717, 1.165) is 115 Å². The van der Waals surface area contributed by atoms with Crippen LogP contribution in [0.25, 0.3) is 33.4 Å². The number of carbonyl (C=O) groups excluding carboxylic acids is 2. The molecule has 1 aromatic carbocycles. The third-order valence-electron chi connectivity index (χ3n) is 11.2. The van der Waals surface area contributed by atoms with Crippen LogP contribution in [0, 0.1) is 11.2 Å². The fourth-order valence-electron chi connectivity index (χ4n) is 8.03. The van der Waals surface area contributed by atoms with Crippen molar-refractivity contribution < 1.29 is 23.5 Å². The zero-order valence-electron chi connectivity index (χ0n) is 33.2. The Morgan fingerprint density at radius 1 is 1.04 bits per heavy atom. The Bertz CT molecular complexity index is 1920. The maximum Gasteiger partial charge on any atom is 0.293 e. The molecule has 1 aliphatic carbocycles. The minimum absolute atomic E-state index is 0.244. The van der Waals surface area contributed by atoms with Crippen molar-refractivity contribution in [2.45, 2.75) is 97.8 Å². The van der Waals surface area contributed by atoms with Gasteiger partial charge < -0.3 is 18.9 Å². The van der Waals surface area contributed by atoms with Gasteiger partial charge in [0.2, 0.25) is 6.41 Å². The van der Waals surface area contributed by atoms with E-state index in [1.807, 2.05) is 13.1 Å². The number of anilines is 1. The Kier molecular flexibility index (Phi) is 13.5. The van der Waals surface area contributed by atoms with Crippen LogP contribution in [0.3, 0.4) is 0 Å². The summed E-state index contributed by atoms with van der Waals surface area (Å²) in [5.74, 6) is -0.292. The van der Waals surface area contributed by atoms with Crippen LogP contribution in [0.15, 0.2) is 42.6 Å². The second kappa shape index (κ2) is 18.5. The van der Waals surface area contributed by atoms with E-state index in [0.29, 0.717) is 38.0 Å². The maximum atomic E-state index is 15.1. The van der Waals surface area contributed by atoms with Crippen LogP contribution in [-0.2, 0) is 38.4 Å². The van der Waals surface area contributed by atoms with Crippen molar-refractivity contribution in [2.75, 3.05) is 51.3 Å². The number of unbranched alkanes of at least 4 members (excludes halogenated alkanes) is 3. The van der Waals surface area contributed by atoms with Gasteiger partial charge in [0.25, 0.3) is 6.47 Å². The molecule has 0 bridgehead atoms. The first kappa shape index (κ1) is 40.3. The SMILES string of the molecule is CCn1c(-c2cc(N3CCN(C4CC4)CC3)cnc2C(C)OC)c(CC(C)(C)COC=O)c2cc(-c3ccc(F)c(CCCCCCNNC=O)n3)ccc21. The number of rotatable bonds is 21. The summed E-state index contributed by atoms with van der Waals surface area (Å²) in [6, 6.07) is 12.8. The molecule has 1 atom stereocenters. The quantitative estimate of drug-likeness (QED) is 0.0527. The Balaban J connectivity index is 1.40. The molecule has 1 unspecified atom stereocenters. The van der Waals surface area contributed by atoms with E-state index in [1.165, 1.54) is 18.9 Å². The van der Waals surface area contributed by atoms with Crippen molar-refractivity contribution in [1.82, 2.24) is 30.3 Å². The van der Waals surface area contributed by atoms with E-state index in [2.05, 4.69) is 70.3 Å². The van der Waals surface area contributed by atoms with Gasteiger partial charge in [-0.05, 0) is 88.3 Å². The molecular weight excluding hydrogens is 698 g/mol. The van der Waals surface area contributed by atoms with Gasteiger partial charge in [0, 0.05) is 79.9 Å². The minimum Gasteiger partial charge on any atom is -0.467 e. The third kappa shape index (κ3) is 9.71. The third-order valence-corrected chi connectivity index (χ3v) is 11.2. The summed E-state index contributed by atoms with van der Waals surface area (Å²) < 4.78 is 28.7. The average Bonchev–Trinajstić information content (AvgIpc) is 4.01. The number of halogens is 1. The number of hydrazine groups is 1. The van der Waals surface area contributed by atoms with Crippen molar-refractivity contribution in [3.63, 3.8) is 0 Å². The topological polar surface area (TPSA) is 114 Å². The Morgan fingerprint density at radius 2 is 1.82 bits per heavy atom. The number of amides is 1. The molecule has 0 spiro atoms. The highest BCUT2D eigenvalue weighted by atomic mass is 19.1. The van der Waals surface area contributed by atoms with E-state index in [-0.39, 0.29) is 23.9 Å². The first-order valence-corrected chi connectivity index (χ1v) is 20.0. The van der Waals surface area contributed by atoms with Crippen LogP contribution in [0.5, 0.6) is 0 Å². The van der Waals surface area contributed by atoms with Gasteiger partial charge in [0.15, 0.2) is 0 Å². The van der Waals surface area contributed by atoms with Gasteiger partial charge >= 0.3 is 0 Å². The van der Waals surface area contributed by atoms with E-state index in [1.54, 1.807) is 13.2 Å². The zero-order chi connectivity index (χ0) is 39.0. The number of piperazine rings is 1. The molecule has 6 rings (SSSR count). The van der Waals surface area contributed by atoms with Crippen molar-refractivity contribution in [3.05, 3.63) is 65.4 Å². The molecule has 11 nitrogen and oxygen atoms in total. The number of nitrogens with zero attached hydrogens (tertiary/aromatic N) is 5. The molecule has 2 fully saturated rings. The zero-order valence-corrected chi connectivity index (χ0v) is 33.2. The van der Waals surface area contributed by atoms with E-state index < -0.39 is 0 Å². The summed E-state index contributed by atoms with van der Waals surface area (Å²) in [5, 5.41) is 1.08. The van der Waals surface area contributed by atoms with Crippen LogP contribution in [0.2, 0.25) is 0 Å². The molecule has 12 heteroatoms. The number of hydrogen-bond acceptors (Lipinski definition) is 9. The normalized spacial score (nSPS) is 15.7. The molecule has 2 N–H and O–H groups in total. The molecule has 1 saturated carbocycles. The van der Waals surface area contributed by atoms with Gasteiger partial charge in [0.1, 0.15) is 5.82 Å². The van der Waals surface area contributed by atoms with Crippen molar-refractivity contribution >= 4 is 29.5 Å². The number of methoxy groups -OCH3 is 1. The lowest BCUT2D eigenvalue weighted by atomic mass is 9.84. The molecule has 2 aliphatic rings. The number of carbonyl (C=O) groups is 2. The number of hydrogen-bond donors (Lipinski definition) is 2. The van der Waals surface area contributed by atoms with Gasteiger partial charge in [-0.2, -0.15) is 0 Å². The molecule has 1 saturated heterocycles. The van der Waals surface area contributed by atoms with Crippen molar-refractivity contribution in [3.8, 4) is 22.5 Å². The number of aryl methyl sites for hydroxylation is 2. The number of fused-ring (bicyclic) bond motifs is 1. The summed E-state index contributed by atoms with van der Waals surface area (Å²) >= 11 is 0. The summed E-state index contributed by atoms with van der Waals surface area (Å²) in [4.78, 5) is 36.8. The molecule has 55 heavy (non-hydrogen) atoms. The molecule has 296 valence electrons. The van der Waals surface area contributed by atoms with Gasteiger partial charge in [-0.1, -0.05) is 32.8 Å². The second-order valence-electron chi connectivity index (χ2n) is 15.8. The fourth-order valence-corrected chi connectivity index (χ4v) is 8.03. The van der Waals surface area contributed by atoms with Crippen molar-refractivity contribution in [2.24, 2.45) is 5.41 Å². The predicted octanol–water partition coefficient (Wildman–Crippen LogP) is 7.01. The smallest absolute Gasteiger partial charge is 0.293 e. The molecular formula is C43H58FN7O4. The lowest BCUT2D eigenvalue weighted by Gasteiger charge is -2.36. The fraction of sp³-hybridized carbons (Fsp3) is 0.535. The van der Waals surface area contributed by atoms with Crippen LogP contribution in [-0.4, -0.2) is 84.8 Å². The highest BCUT2D eigenvalue weighted by Gasteiger charge is 2.33. The summed E-state index contributed by atoms with van der Waals surface area (Å²) in [6.07, 6.45) is 9.85. The molecule has 4 aromatic rings. The van der Waals surface area contributed by atoms with Gasteiger partial charge in [-0.25, -0.2) is 14.8 Å². The average molecular weight is 756 g/mol.